The van der Waals surface area contributed by atoms with Crippen LogP contribution < -0.4 is 10.3 Å². The second-order valence-electron chi connectivity index (χ2n) is 6.26. The van der Waals surface area contributed by atoms with Crippen molar-refractivity contribution in [2.24, 2.45) is 5.10 Å². The summed E-state index contributed by atoms with van der Waals surface area (Å²) in [5, 5.41) is 14.7. The van der Waals surface area contributed by atoms with Gasteiger partial charge < -0.3 is 4.90 Å². The van der Waals surface area contributed by atoms with Crippen molar-refractivity contribution in [1.29, 1.82) is 0 Å². The van der Waals surface area contributed by atoms with Crippen LogP contribution in [0.25, 0.3) is 0 Å². The van der Waals surface area contributed by atoms with Gasteiger partial charge in [0.2, 0.25) is 5.91 Å². The molecule has 8 heteroatoms. The molecular weight excluding hydrogens is 351 g/mol. The number of carbonyl (C=O) groups is 1. The number of halogens is 1. The summed E-state index contributed by atoms with van der Waals surface area (Å²) in [6.07, 6.45) is 3.25. The highest BCUT2D eigenvalue weighted by atomic mass is 19.1. The fraction of sp³-hybridized carbons (Fsp3) is 0.263. The van der Waals surface area contributed by atoms with E-state index in [2.05, 4.69) is 15.4 Å². The van der Waals surface area contributed by atoms with E-state index in [1.54, 1.807) is 12.1 Å². The van der Waals surface area contributed by atoms with Gasteiger partial charge in [0.25, 0.3) is 5.69 Å². The number of nitro groups is 1. The van der Waals surface area contributed by atoms with Crippen LogP contribution in [0.4, 0.5) is 15.8 Å². The first-order valence-corrected chi connectivity index (χ1v) is 8.63. The molecule has 2 aromatic carbocycles. The van der Waals surface area contributed by atoms with E-state index < -0.39 is 16.6 Å². The summed E-state index contributed by atoms with van der Waals surface area (Å²) in [6, 6.07) is 10.9. The average Bonchev–Trinajstić information content (AvgIpc) is 3.18. The van der Waals surface area contributed by atoms with Gasteiger partial charge in [-0.1, -0.05) is 18.2 Å². The molecule has 1 N–H and O–H groups in total. The Labute approximate surface area is 155 Å². The molecule has 1 aliphatic heterocycles. The largest absolute Gasteiger partial charge is 0.371 e. The number of hydrogen-bond donors (Lipinski definition) is 1. The van der Waals surface area contributed by atoms with Gasteiger partial charge in [-0.3, -0.25) is 14.9 Å². The van der Waals surface area contributed by atoms with Crippen LogP contribution in [0.15, 0.2) is 47.6 Å². The van der Waals surface area contributed by atoms with Gasteiger partial charge in [0.05, 0.1) is 17.6 Å². The highest BCUT2D eigenvalue weighted by molar-refractivity contribution is 5.84. The number of carbonyl (C=O) groups excluding carboxylic acids is 1. The van der Waals surface area contributed by atoms with Crippen molar-refractivity contribution in [3.63, 3.8) is 0 Å². The average molecular weight is 370 g/mol. The number of para-hydroxylation sites is 1. The van der Waals surface area contributed by atoms with Crippen molar-refractivity contribution in [1.82, 2.24) is 5.43 Å². The van der Waals surface area contributed by atoms with Crippen molar-refractivity contribution < 1.29 is 14.1 Å². The number of hydrogen-bond acceptors (Lipinski definition) is 5. The summed E-state index contributed by atoms with van der Waals surface area (Å²) in [5.74, 6) is -0.939. The van der Waals surface area contributed by atoms with Crippen LogP contribution in [0.5, 0.6) is 0 Å². The van der Waals surface area contributed by atoms with Crippen molar-refractivity contribution in [3.8, 4) is 0 Å². The Morgan fingerprint density at radius 2 is 2.00 bits per heavy atom. The molecule has 1 saturated heterocycles. The molecule has 0 spiro atoms. The van der Waals surface area contributed by atoms with Crippen molar-refractivity contribution in [2.75, 3.05) is 18.0 Å². The zero-order valence-corrected chi connectivity index (χ0v) is 14.6. The SMILES string of the molecule is O=C(Cc1ccccc1[N+](=O)[O-])N/N=C/c1ccc(N2CCCC2)cc1F. The highest BCUT2D eigenvalue weighted by Crippen LogP contribution is 2.22. The number of nitrogens with zero attached hydrogens (tertiary/aromatic N) is 3. The first-order chi connectivity index (χ1) is 13.0. The van der Waals surface area contributed by atoms with E-state index in [9.17, 15) is 19.3 Å². The summed E-state index contributed by atoms with van der Waals surface area (Å²) in [5.41, 5.74) is 3.53. The molecular formula is C19H19FN4O3. The van der Waals surface area contributed by atoms with Gasteiger partial charge in [0.1, 0.15) is 5.82 Å². The minimum atomic E-state index is -0.539. The fourth-order valence-corrected chi connectivity index (χ4v) is 3.02. The molecule has 2 aromatic rings. The number of anilines is 1. The Bertz CT molecular complexity index is 879. The molecule has 0 atom stereocenters. The molecule has 0 unspecified atom stereocenters. The predicted molar refractivity (Wildman–Crippen MR) is 100 cm³/mol. The fourth-order valence-electron chi connectivity index (χ4n) is 3.02. The third kappa shape index (κ3) is 4.66. The summed E-state index contributed by atoms with van der Waals surface area (Å²) < 4.78 is 14.2. The summed E-state index contributed by atoms with van der Waals surface area (Å²) in [6.45, 7) is 1.85. The van der Waals surface area contributed by atoms with Crippen LogP contribution in [0.3, 0.4) is 0 Å². The summed E-state index contributed by atoms with van der Waals surface area (Å²) in [4.78, 5) is 24.5. The molecule has 0 aliphatic carbocycles. The van der Waals surface area contributed by atoms with E-state index in [1.807, 2.05) is 6.07 Å². The lowest BCUT2D eigenvalue weighted by atomic mass is 10.1. The maximum Gasteiger partial charge on any atom is 0.273 e. The number of nitro benzene ring substituents is 1. The summed E-state index contributed by atoms with van der Waals surface area (Å²) >= 11 is 0. The van der Waals surface area contributed by atoms with Crippen molar-refractivity contribution in [2.45, 2.75) is 19.3 Å². The van der Waals surface area contributed by atoms with Gasteiger partial charge >= 0.3 is 0 Å². The molecule has 7 nitrogen and oxygen atoms in total. The van der Waals surface area contributed by atoms with Gasteiger partial charge in [0.15, 0.2) is 0 Å². The number of benzene rings is 2. The van der Waals surface area contributed by atoms with Crippen LogP contribution in [0.2, 0.25) is 0 Å². The zero-order valence-electron chi connectivity index (χ0n) is 14.6. The molecule has 27 heavy (non-hydrogen) atoms. The third-order valence-corrected chi connectivity index (χ3v) is 4.39. The second-order valence-corrected chi connectivity index (χ2v) is 6.26. The lowest BCUT2D eigenvalue weighted by molar-refractivity contribution is -0.385. The topological polar surface area (TPSA) is 87.8 Å². The van der Waals surface area contributed by atoms with Gasteiger partial charge in [-0.15, -0.1) is 0 Å². The van der Waals surface area contributed by atoms with Crippen LogP contribution in [0, 0.1) is 15.9 Å². The Hall–Kier alpha value is -3.29. The van der Waals surface area contributed by atoms with Gasteiger partial charge in [-0.2, -0.15) is 5.10 Å². The monoisotopic (exact) mass is 370 g/mol. The normalized spacial score (nSPS) is 13.9. The lowest BCUT2D eigenvalue weighted by Crippen LogP contribution is -2.20. The Kier molecular flexibility index (Phi) is 5.75. The molecule has 1 amide bonds. The van der Waals surface area contributed by atoms with Gasteiger partial charge in [-0.05, 0) is 31.0 Å². The molecule has 1 heterocycles. The number of nitrogens with one attached hydrogen (secondary N) is 1. The molecule has 1 aliphatic rings. The Balaban J connectivity index is 1.60. The van der Waals surface area contributed by atoms with E-state index in [-0.39, 0.29) is 23.2 Å². The molecule has 0 aromatic heterocycles. The minimum Gasteiger partial charge on any atom is -0.371 e. The second kappa shape index (κ2) is 8.39. The first kappa shape index (κ1) is 18.5. The van der Waals surface area contributed by atoms with E-state index >= 15 is 0 Å². The minimum absolute atomic E-state index is 0.125. The molecule has 0 radical (unpaired) electrons. The van der Waals surface area contributed by atoms with Crippen molar-refractivity contribution in [3.05, 3.63) is 69.5 Å². The van der Waals surface area contributed by atoms with E-state index in [4.69, 9.17) is 0 Å². The number of amides is 1. The maximum absolute atomic E-state index is 14.2. The molecule has 140 valence electrons. The highest BCUT2D eigenvalue weighted by Gasteiger charge is 2.15. The van der Waals surface area contributed by atoms with Crippen LogP contribution in [-0.4, -0.2) is 30.1 Å². The van der Waals surface area contributed by atoms with Crippen LogP contribution in [0.1, 0.15) is 24.0 Å². The third-order valence-electron chi connectivity index (χ3n) is 4.39. The van der Waals surface area contributed by atoms with Crippen LogP contribution in [-0.2, 0) is 11.2 Å². The molecule has 3 rings (SSSR count). The maximum atomic E-state index is 14.2. The predicted octanol–water partition coefficient (Wildman–Crippen LogP) is 3.03. The lowest BCUT2D eigenvalue weighted by Gasteiger charge is -2.17. The van der Waals surface area contributed by atoms with Gasteiger partial charge in [0, 0.05) is 36.0 Å². The molecule has 0 saturated carbocycles. The van der Waals surface area contributed by atoms with E-state index in [0.29, 0.717) is 0 Å². The standard InChI is InChI=1S/C19H19FN4O3/c20-17-12-16(23-9-3-4-10-23)8-7-15(17)13-21-22-19(25)11-14-5-1-2-6-18(14)24(26)27/h1-2,5-8,12-13H,3-4,9-11H2,(H,22,25)/b21-13+. The smallest absolute Gasteiger partial charge is 0.273 e. The van der Waals surface area contributed by atoms with E-state index in [1.165, 1.54) is 30.5 Å². The first-order valence-electron chi connectivity index (χ1n) is 8.63. The zero-order chi connectivity index (χ0) is 19.2. The number of hydrazone groups is 1. The number of rotatable bonds is 6. The Morgan fingerprint density at radius 3 is 2.70 bits per heavy atom. The van der Waals surface area contributed by atoms with Crippen LogP contribution >= 0.6 is 0 Å². The van der Waals surface area contributed by atoms with E-state index in [0.717, 1.165) is 31.6 Å². The quantitative estimate of drug-likeness (QED) is 0.481. The van der Waals surface area contributed by atoms with Crippen molar-refractivity contribution >= 4 is 23.5 Å². The Morgan fingerprint density at radius 1 is 1.26 bits per heavy atom. The molecule has 0 bridgehead atoms. The summed E-state index contributed by atoms with van der Waals surface area (Å²) in [7, 11) is 0. The molecule has 1 fully saturated rings. The van der Waals surface area contributed by atoms with Gasteiger partial charge in [-0.25, -0.2) is 9.82 Å².